The Morgan fingerprint density at radius 2 is 2.00 bits per heavy atom. The number of rotatable bonds is 0. The van der Waals surface area contributed by atoms with Crippen molar-refractivity contribution >= 4 is 5.78 Å². The number of hydrogen-bond donors (Lipinski definition) is 0. The van der Waals surface area contributed by atoms with Crippen LogP contribution >= 0.6 is 0 Å². The summed E-state index contributed by atoms with van der Waals surface area (Å²) in [6.45, 7) is 4.72. The highest BCUT2D eigenvalue weighted by molar-refractivity contribution is 5.90. The smallest absolute Gasteiger partial charge is 0.139 e. The molecule has 12 heavy (non-hydrogen) atoms. The second-order valence-corrected chi connectivity index (χ2v) is 5.59. The van der Waals surface area contributed by atoms with Gasteiger partial charge in [-0.15, -0.1) is 0 Å². The van der Waals surface area contributed by atoms with E-state index in [1.165, 1.54) is 19.3 Å². The quantitative estimate of drug-likeness (QED) is 0.537. The van der Waals surface area contributed by atoms with E-state index in [1.54, 1.807) is 0 Å². The molecular weight excluding hydrogens is 148 g/mol. The zero-order valence-electron chi connectivity index (χ0n) is 7.89. The lowest BCUT2D eigenvalue weighted by molar-refractivity contribution is -0.159. The first-order chi connectivity index (χ1) is 5.57. The molecule has 0 aliphatic heterocycles. The van der Waals surface area contributed by atoms with Gasteiger partial charge in [0.25, 0.3) is 0 Å². The minimum atomic E-state index is 0.207. The highest BCUT2D eigenvalue weighted by Crippen LogP contribution is 2.72. The Hall–Kier alpha value is -0.330. The van der Waals surface area contributed by atoms with E-state index in [-0.39, 0.29) is 5.41 Å². The standard InChI is InChI=1S/C11H16O/c1-10(2)7-5-8(10)11(3-4-11)9(12)6-7/h7-8H,3-6H2,1-2H3. The first-order valence-corrected chi connectivity index (χ1v) is 5.11. The number of hydrogen-bond acceptors (Lipinski definition) is 1. The molecular formula is C11H16O. The third-order valence-corrected chi connectivity index (χ3v) is 4.91. The summed E-state index contributed by atoms with van der Waals surface area (Å²) in [7, 11) is 0. The fourth-order valence-corrected chi connectivity index (χ4v) is 3.68. The lowest BCUT2D eigenvalue weighted by Crippen LogP contribution is -2.57. The van der Waals surface area contributed by atoms with Crippen LogP contribution in [0.25, 0.3) is 0 Å². The molecule has 2 unspecified atom stereocenters. The average molecular weight is 164 g/mol. The Morgan fingerprint density at radius 3 is 2.42 bits per heavy atom. The summed E-state index contributed by atoms with van der Waals surface area (Å²) in [6, 6.07) is 0. The van der Waals surface area contributed by atoms with Crippen molar-refractivity contribution in [1.82, 2.24) is 0 Å². The van der Waals surface area contributed by atoms with E-state index < -0.39 is 0 Å². The van der Waals surface area contributed by atoms with Crippen molar-refractivity contribution in [1.29, 1.82) is 0 Å². The molecule has 0 amide bonds. The third kappa shape index (κ3) is 0.541. The lowest BCUT2D eigenvalue weighted by Gasteiger charge is -2.60. The molecule has 0 saturated heterocycles. The van der Waals surface area contributed by atoms with Crippen molar-refractivity contribution < 1.29 is 4.79 Å². The van der Waals surface area contributed by atoms with Crippen LogP contribution in [0.5, 0.6) is 0 Å². The SMILES string of the molecule is CC1(C)C2CC(=O)C3(CC3)C1C2. The van der Waals surface area contributed by atoms with Gasteiger partial charge in [0.1, 0.15) is 5.78 Å². The molecule has 4 rings (SSSR count). The van der Waals surface area contributed by atoms with E-state index in [1.807, 2.05) is 0 Å². The highest BCUT2D eigenvalue weighted by Gasteiger charge is 2.69. The molecule has 4 fully saturated rings. The monoisotopic (exact) mass is 164 g/mol. The Balaban J connectivity index is 2.00. The summed E-state index contributed by atoms with van der Waals surface area (Å²) in [5.41, 5.74) is 0.697. The Kier molecular flexibility index (Phi) is 0.971. The number of carbonyl (C=O) groups is 1. The van der Waals surface area contributed by atoms with Gasteiger partial charge in [0.05, 0.1) is 0 Å². The van der Waals surface area contributed by atoms with Crippen molar-refractivity contribution in [3.63, 3.8) is 0 Å². The van der Waals surface area contributed by atoms with Crippen LogP contribution in [0.15, 0.2) is 0 Å². The van der Waals surface area contributed by atoms with Crippen molar-refractivity contribution in [3.05, 3.63) is 0 Å². The molecule has 0 aromatic rings. The van der Waals surface area contributed by atoms with E-state index >= 15 is 0 Å². The molecule has 0 N–H and O–H groups in total. The number of Topliss-reactive ketones (excluding diaryl/α,β-unsaturated/α-hetero) is 1. The van der Waals surface area contributed by atoms with E-state index in [9.17, 15) is 4.79 Å². The largest absolute Gasteiger partial charge is 0.299 e. The number of carbonyl (C=O) groups excluding carboxylic acids is 1. The Labute approximate surface area is 73.5 Å². The summed E-state index contributed by atoms with van der Waals surface area (Å²) < 4.78 is 0. The summed E-state index contributed by atoms with van der Waals surface area (Å²) in [6.07, 6.45) is 4.64. The highest BCUT2D eigenvalue weighted by atomic mass is 16.1. The van der Waals surface area contributed by atoms with Gasteiger partial charge in [0, 0.05) is 11.8 Å². The van der Waals surface area contributed by atoms with Crippen LogP contribution in [-0.2, 0) is 4.79 Å². The van der Waals surface area contributed by atoms with E-state index in [2.05, 4.69) is 13.8 Å². The zero-order chi connectivity index (χ0) is 8.56. The van der Waals surface area contributed by atoms with Crippen molar-refractivity contribution in [2.24, 2.45) is 22.7 Å². The molecule has 66 valence electrons. The summed E-state index contributed by atoms with van der Waals surface area (Å²) in [4.78, 5) is 11.7. The maximum atomic E-state index is 11.7. The second kappa shape index (κ2) is 1.64. The molecule has 4 aliphatic rings. The molecule has 1 nitrogen and oxygen atoms in total. The molecule has 0 aromatic heterocycles. The first kappa shape index (κ1) is 7.11. The predicted octanol–water partition coefficient (Wildman–Crippen LogP) is 2.40. The third-order valence-electron chi connectivity index (χ3n) is 4.91. The van der Waals surface area contributed by atoms with Gasteiger partial charge in [-0.25, -0.2) is 0 Å². The molecule has 4 saturated carbocycles. The van der Waals surface area contributed by atoms with Crippen LogP contribution in [0.3, 0.4) is 0 Å². The van der Waals surface area contributed by atoms with Crippen LogP contribution in [0.1, 0.15) is 39.5 Å². The van der Waals surface area contributed by atoms with E-state index in [0.29, 0.717) is 11.2 Å². The van der Waals surface area contributed by atoms with Gasteiger partial charge in [0.2, 0.25) is 0 Å². The van der Waals surface area contributed by atoms with Gasteiger partial charge in [-0.1, -0.05) is 13.8 Å². The molecule has 0 aromatic carbocycles. The molecule has 2 atom stereocenters. The molecule has 1 spiro atoms. The van der Waals surface area contributed by atoms with Gasteiger partial charge in [-0.3, -0.25) is 4.79 Å². The van der Waals surface area contributed by atoms with Crippen LogP contribution in [-0.4, -0.2) is 5.78 Å². The van der Waals surface area contributed by atoms with Crippen LogP contribution in [0.2, 0.25) is 0 Å². The Bertz CT molecular complexity index is 260. The second-order valence-electron chi connectivity index (χ2n) is 5.59. The molecule has 2 bridgehead atoms. The van der Waals surface area contributed by atoms with Gasteiger partial charge in [-0.2, -0.15) is 0 Å². The lowest BCUT2D eigenvalue weighted by atomic mass is 9.44. The fraction of sp³-hybridized carbons (Fsp3) is 0.909. The summed E-state index contributed by atoms with van der Waals surface area (Å²) >= 11 is 0. The summed E-state index contributed by atoms with van der Waals surface area (Å²) in [5.74, 6) is 2.07. The van der Waals surface area contributed by atoms with Crippen LogP contribution in [0, 0.1) is 22.7 Å². The Morgan fingerprint density at radius 1 is 1.33 bits per heavy atom. The van der Waals surface area contributed by atoms with Gasteiger partial charge >= 0.3 is 0 Å². The molecule has 4 aliphatic carbocycles. The summed E-state index contributed by atoms with van der Waals surface area (Å²) in [5, 5.41) is 0. The van der Waals surface area contributed by atoms with Crippen LogP contribution in [0.4, 0.5) is 0 Å². The zero-order valence-corrected chi connectivity index (χ0v) is 7.89. The minimum absolute atomic E-state index is 0.207. The van der Waals surface area contributed by atoms with Crippen molar-refractivity contribution in [2.45, 2.75) is 39.5 Å². The van der Waals surface area contributed by atoms with Gasteiger partial charge < -0.3 is 0 Å². The van der Waals surface area contributed by atoms with Crippen molar-refractivity contribution in [2.75, 3.05) is 0 Å². The topological polar surface area (TPSA) is 17.1 Å². The van der Waals surface area contributed by atoms with Gasteiger partial charge in [-0.05, 0) is 36.5 Å². The molecule has 0 radical (unpaired) electrons. The minimum Gasteiger partial charge on any atom is -0.299 e. The maximum Gasteiger partial charge on any atom is 0.139 e. The van der Waals surface area contributed by atoms with Gasteiger partial charge in [0.15, 0.2) is 0 Å². The number of fused-ring (bicyclic) bond motifs is 1. The number of ketones is 1. The molecule has 0 heterocycles. The first-order valence-electron chi connectivity index (χ1n) is 5.11. The average Bonchev–Trinajstić information content (AvgIpc) is 2.76. The molecule has 1 heteroatoms. The normalized spacial score (nSPS) is 45.7. The van der Waals surface area contributed by atoms with E-state index in [4.69, 9.17) is 0 Å². The van der Waals surface area contributed by atoms with E-state index in [0.717, 1.165) is 18.3 Å². The van der Waals surface area contributed by atoms with Crippen LogP contribution < -0.4 is 0 Å². The fourth-order valence-electron chi connectivity index (χ4n) is 3.68. The maximum absolute atomic E-state index is 11.7. The van der Waals surface area contributed by atoms with Crippen molar-refractivity contribution in [3.8, 4) is 0 Å². The predicted molar refractivity (Wildman–Crippen MR) is 46.7 cm³/mol.